The van der Waals surface area contributed by atoms with E-state index in [1.165, 1.54) is 0 Å². The zero-order valence-corrected chi connectivity index (χ0v) is 14.5. The van der Waals surface area contributed by atoms with Crippen LogP contribution in [0.5, 0.6) is 0 Å². The van der Waals surface area contributed by atoms with Gasteiger partial charge in [-0.2, -0.15) is 0 Å². The van der Waals surface area contributed by atoms with Crippen LogP contribution in [0.1, 0.15) is 18.1 Å². The number of amides is 2. The highest BCUT2D eigenvalue weighted by Crippen LogP contribution is 2.21. The van der Waals surface area contributed by atoms with Crippen molar-refractivity contribution >= 4 is 28.9 Å². The minimum absolute atomic E-state index is 0.585. The minimum atomic E-state index is -0.684. The van der Waals surface area contributed by atoms with Gasteiger partial charge in [0.05, 0.1) is 0 Å². The van der Waals surface area contributed by atoms with Crippen molar-refractivity contribution in [3.63, 3.8) is 0 Å². The van der Waals surface area contributed by atoms with Crippen LogP contribution in [-0.4, -0.2) is 25.9 Å². The zero-order valence-electron chi connectivity index (χ0n) is 14.5. The lowest BCUT2D eigenvalue weighted by Gasteiger charge is -2.15. The molecule has 0 aliphatic carbocycles. The molecule has 0 aliphatic heterocycles. The van der Waals surface area contributed by atoms with Crippen molar-refractivity contribution in [3.05, 3.63) is 53.6 Å². The summed E-state index contributed by atoms with van der Waals surface area (Å²) in [6, 6.07) is 13.1. The number of para-hydroxylation sites is 1. The van der Waals surface area contributed by atoms with Crippen molar-refractivity contribution in [2.75, 3.05) is 29.6 Å². The molecule has 0 bridgehead atoms. The second kappa shape index (κ2) is 7.64. The summed E-state index contributed by atoms with van der Waals surface area (Å²) in [5.41, 5.74) is 4.18. The van der Waals surface area contributed by atoms with E-state index in [4.69, 9.17) is 0 Å². The molecule has 2 aromatic carbocycles. The molecule has 126 valence electrons. The number of anilines is 3. The normalized spacial score (nSPS) is 10.2. The third-order valence-electron chi connectivity index (χ3n) is 3.81. The van der Waals surface area contributed by atoms with E-state index in [9.17, 15) is 9.59 Å². The summed E-state index contributed by atoms with van der Waals surface area (Å²) in [5.74, 6) is -1.36. The Morgan fingerprint density at radius 2 is 1.67 bits per heavy atom. The number of aryl methyl sites for hydroxylation is 2. The van der Waals surface area contributed by atoms with Gasteiger partial charge in [-0.15, -0.1) is 0 Å². The van der Waals surface area contributed by atoms with Gasteiger partial charge in [0, 0.05) is 31.2 Å². The van der Waals surface area contributed by atoms with Gasteiger partial charge in [0.25, 0.3) is 0 Å². The average Bonchev–Trinajstić information content (AvgIpc) is 2.56. The van der Waals surface area contributed by atoms with Crippen molar-refractivity contribution in [2.24, 2.45) is 0 Å². The molecule has 5 heteroatoms. The van der Waals surface area contributed by atoms with E-state index in [1.54, 1.807) is 6.07 Å². The van der Waals surface area contributed by atoms with E-state index >= 15 is 0 Å². The van der Waals surface area contributed by atoms with Gasteiger partial charge < -0.3 is 15.5 Å². The quantitative estimate of drug-likeness (QED) is 0.849. The molecule has 0 radical (unpaired) electrons. The molecule has 2 rings (SSSR count). The second-order valence-electron chi connectivity index (χ2n) is 5.82. The molecule has 2 amide bonds. The molecule has 0 fully saturated rings. The fourth-order valence-electron chi connectivity index (χ4n) is 2.42. The highest BCUT2D eigenvalue weighted by Gasteiger charge is 2.16. The van der Waals surface area contributed by atoms with Crippen molar-refractivity contribution in [2.45, 2.75) is 20.3 Å². The van der Waals surface area contributed by atoms with E-state index in [-0.39, 0.29) is 0 Å². The van der Waals surface area contributed by atoms with Crippen molar-refractivity contribution < 1.29 is 9.59 Å². The lowest BCUT2D eigenvalue weighted by molar-refractivity contribution is -0.133. The van der Waals surface area contributed by atoms with E-state index in [0.717, 1.165) is 23.2 Å². The Hall–Kier alpha value is -2.82. The number of benzene rings is 2. The molecule has 0 atom stereocenters. The van der Waals surface area contributed by atoms with Crippen LogP contribution in [0.4, 0.5) is 17.1 Å². The number of rotatable bonds is 4. The van der Waals surface area contributed by atoms with Gasteiger partial charge in [0.2, 0.25) is 0 Å². The monoisotopic (exact) mass is 325 g/mol. The summed E-state index contributed by atoms with van der Waals surface area (Å²) in [6.45, 7) is 3.92. The summed E-state index contributed by atoms with van der Waals surface area (Å²) < 4.78 is 0. The third-order valence-corrected chi connectivity index (χ3v) is 3.81. The second-order valence-corrected chi connectivity index (χ2v) is 5.82. The van der Waals surface area contributed by atoms with E-state index < -0.39 is 11.8 Å². The Bertz CT molecular complexity index is 754. The maximum atomic E-state index is 12.2. The SMILES string of the molecule is CCc1cccc(C)c1NC(=O)C(=O)Nc1cccc(N(C)C)c1. The Morgan fingerprint density at radius 1 is 1.00 bits per heavy atom. The first-order chi connectivity index (χ1) is 11.4. The van der Waals surface area contributed by atoms with Crippen LogP contribution >= 0.6 is 0 Å². The van der Waals surface area contributed by atoms with Crippen LogP contribution in [0.25, 0.3) is 0 Å². The highest BCUT2D eigenvalue weighted by molar-refractivity contribution is 6.43. The number of nitrogens with one attached hydrogen (secondary N) is 2. The Balaban J connectivity index is 2.11. The standard InChI is InChI=1S/C19H23N3O2/c1-5-14-9-6-8-13(2)17(14)21-19(24)18(23)20-15-10-7-11-16(12-15)22(3)4/h6-12H,5H2,1-4H3,(H,20,23)(H,21,24). The summed E-state index contributed by atoms with van der Waals surface area (Å²) in [7, 11) is 3.83. The number of nitrogens with zero attached hydrogens (tertiary/aromatic N) is 1. The average molecular weight is 325 g/mol. The molecule has 0 unspecified atom stereocenters. The van der Waals surface area contributed by atoms with Crippen molar-refractivity contribution in [3.8, 4) is 0 Å². The topological polar surface area (TPSA) is 61.4 Å². The van der Waals surface area contributed by atoms with Crippen molar-refractivity contribution in [1.29, 1.82) is 0 Å². The molecular weight excluding hydrogens is 302 g/mol. The summed E-state index contributed by atoms with van der Waals surface area (Å²) in [5, 5.41) is 5.36. The van der Waals surface area contributed by atoms with Crippen LogP contribution in [0.15, 0.2) is 42.5 Å². The number of carbonyl (C=O) groups is 2. The van der Waals surface area contributed by atoms with Gasteiger partial charge in [-0.05, 0) is 42.7 Å². The molecule has 2 aromatic rings. The van der Waals surface area contributed by atoms with E-state index in [0.29, 0.717) is 11.4 Å². The zero-order chi connectivity index (χ0) is 17.7. The largest absolute Gasteiger partial charge is 0.378 e. The van der Waals surface area contributed by atoms with Crippen molar-refractivity contribution in [1.82, 2.24) is 0 Å². The first kappa shape index (κ1) is 17.5. The predicted molar refractivity (Wildman–Crippen MR) is 98.6 cm³/mol. The Kier molecular flexibility index (Phi) is 5.58. The van der Waals surface area contributed by atoms with Crippen LogP contribution < -0.4 is 15.5 Å². The fraction of sp³-hybridized carbons (Fsp3) is 0.263. The Labute approximate surface area is 142 Å². The van der Waals surface area contributed by atoms with Gasteiger partial charge in [0.1, 0.15) is 0 Å². The molecule has 0 saturated carbocycles. The maximum absolute atomic E-state index is 12.2. The Morgan fingerprint density at radius 3 is 2.33 bits per heavy atom. The first-order valence-corrected chi connectivity index (χ1v) is 7.90. The first-order valence-electron chi connectivity index (χ1n) is 7.90. The summed E-state index contributed by atoms with van der Waals surface area (Å²) in [4.78, 5) is 26.3. The van der Waals surface area contributed by atoms with Crippen LogP contribution in [0.3, 0.4) is 0 Å². The van der Waals surface area contributed by atoms with Crippen LogP contribution in [0.2, 0.25) is 0 Å². The lowest BCUT2D eigenvalue weighted by atomic mass is 10.1. The molecule has 0 aliphatic rings. The van der Waals surface area contributed by atoms with Gasteiger partial charge in [-0.1, -0.05) is 31.2 Å². The molecule has 2 N–H and O–H groups in total. The molecule has 0 saturated heterocycles. The summed E-state index contributed by atoms with van der Waals surface area (Å²) in [6.07, 6.45) is 0.782. The molecule has 0 aromatic heterocycles. The molecule has 24 heavy (non-hydrogen) atoms. The summed E-state index contributed by atoms with van der Waals surface area (Å²) >= 11 is 0. The van der Waals surface area contributed by atoms with Gasteiger partial charge in [-0.25, -0.2) is 0 Å². The highest BCUT2D eigenvalue weighted by atomic mass is 16.2. The molecule has 5 nitrogen and oxygen atoms in total. The third kappa shape index (κ3) is 4.13. The predicted octanol–water partition coefficient (Wildman–Crippen LogP) is 3.20. The van der Waals surface area contributed by atoms with E-state index in [1.807, 2.05) is 69.2 Å². The number of hydrogen-bond donors (Lipinski definition) is 2. The molecule has 0 heterocycles. The molecule has 0 spiro atoms. The van der Waals surface area contributed by atoms with E-state index in [2.05, 4.69) is 10.6 Å². The number of hydrogen-bond acceptors (Lipinski definition) is 3. The smallest absolute Gasteiger partial charge is 0.314 e. The van der Waals surface area contributed by atoms with Gasteiger partial charge >= 0.3 is 11.8 Å². The number of carbonyl (C=O) groups excluding carboxylic acids is 2. The van der Waals surface area contributed by atoms with Gasteiger partial charge in [-0.3, -0.25) is 9.59 Å². The maximum Gasteiger partial charge on any atom is 0.314 e. The fourth-order valence-corrected chi connectivity index (χ4v) is 2.42. The van der Waals surface area contributed by atoms with Crippen LogP contribution in [0, 0.1) is 6.92 Å². The minimum Gasteiger partial charge on any atom is -0.378 e. The van der Waals surface area contributed by atoms with Crippen LogP contribution in [-0.2, 0) is 16.0 Å². The lowest BCUT2D eigenvalue weighted by Crippen LogP contribution is -2.29. The molecular formula is C19H23N3O2. The van der Waals surface area contributed by atoms with Gasteiger partial charge in [0.15, 0.2) is 0 Å².